The highest BCUT2D eigenvalue weighted by Gasteiger charge is 2.17. The Kier molecular flexibility index (Phi) is 5.51. The Bertz CT molecular complexity index is 424. The van der Waals surface area contributed by atoms with E-state index in [1.165, 1.54) is 6.92 Å². The van der Waals surface area contributed by atoms with Crippen molar-refractivity contribution in [3.63, 3.8) is 0 Å². The lowest BCUT2D eigenvalue weighted by molar-refractivity contribution is -0.722. The zero-order valence-corrected chi connectivity index (χ0v) is 12.1. The second-order valence-electron chi connectivity index (χ2n) is 5.82. The van der Waals surface area contributed by atoms with Gasteiger partial charge in [0, 0.05) is 0 Å². The van der Waals surface area contributed by atoms with Crippen LogP contribution in [0.1, 0.15) is 38.1 Å². The van der Waals surface area contributed by atoms with Crippen molar-refractivity contribution in [1.29, 1.82) is 0 Å². The number of rotatable bonds is 6. The molecule has 4 heteroatoms. The van der Waals surface area contributed by atoms with Gasteiger partial charge in [-0.2, -0.15) is 0 Å². The van der Waals surface area contributed by atoms with Crippen molar-refractivity contribution >= 4 is 5.78 Å². The molecule has 1 aromatic rings. The van der Waals surface area contributed by atoms with E-state index in [2.05, 4.69) is 26.1 Å². The maximum atomic E-state index is 11.4. The molecular formula is C15H24NO3+. The molecule has 0 spiro atoms. The van der Waals surface area contributed by atoms with E-state index < -0.39 is 6.10 Å². The van der Waals surface area contributed by atoms with Crippen molar-refractivity contribution in [3.8, 4) is 5.75 Å². The summed E-state index contributed by atoms with van der Waals surface area (Å²) in [5.74, 6) is 0.496. The Hall–Kier alpha value is -1.39. The Labute approximate surface area is 114 Å². The molecule has 0 fully saturated rings. The van der Waals surface area contributed by atoms with Crippen LogP contribution in [-0.2, 0) is 0 Å². The monoisotopic (exact) mass is 266 g/mol. The second-order valence-corrected chi connectivity index (χ2v) is 5.82. The molecular weight excluding hydrogens is 242 g/mol. The molecule has 0 aromatic heterocycles. The van der Waals surface area contributed by atoms with E-state index in [-0.39, 0.29) is 17.9 Å². The molecule has 0 heterocycles. The van der Waals surface area contributed by atoms with E-state index in [4.69, 9.17) is 4.74 Å². The highest BCUT2D eigenvalue weighted by Crippen LogP contribution is 2.18. The molecule has 1 aromatic carbocycles. The van der Waals surface area contributed by atoms with Gasteiger partial charge < -0.3 is 15.2 Å². The Morgan fingerprint density at radius 2 is 2.00 bits per heavy atom. The summed E-state index contributed by atoms with van der Waals surface area (Å²) in [6.45, 7) is 8.54. The van der Waals surface area contributed by atoms with Gasteiger partial charge in [-0.1, -0.05) is 12.1 Å². The molecule has 106 valence electrons. The number of nitrogens with two attached hydrogens (primary N) is 1. The minimum Gasteiger partial charge on any atom is -0.490 e. The molecule has 3 N–H and O–H groups in total. The predicted octanol–water partition coefficient (Wildman–Crippen LogP) is 0.991. The van der Waals surface area contributed by atoms with Crippen LogP contribution in [0.15, 0.2) is 24.3 Å². The van der Waals surface area contributed by atoms with E-state index in [9.17, 15) is 9.90 Å². The third-order valence-electron chi connectivity index (χ3n) is 2.70. The summed E-state index contributed by atoms with van der Waals surface area (Å²) in [5, 5.41) is 11.9. The van der Waals surface area contributed by atoms with Gasteiger partial charge in [-0.15, -0.1) is 0 Å². The number of aliphatic hydroxyl groups excluding tert-OH is 1. The van der Waals surface area contributed by atoms with E-state index in [0.717, 1.165) is 0 Å². The molecule has 1 rings (SSSR count). The van der Waals surface area contributed by atoms with Crippen molar-refractivity contribution < 1.29 is 20.0 Å². The highest BCUT2D eigenvalue weighted by atomic mass is 16.5. The number of hydrogen-bond acceptors (Lipinski definition) is 3. The van der Waals surface area contributed by atoms with Crippen molar-refractivity contribution in [2.75, 3.05) is 13.2 Å². The molecule has 0 saturated carbocycles. The van der Waals surface area contributed by atoms with Crippen LogP contribution in [0.25, 0.3) is 0 Å². The van der Waals surface area contributed by atoms with E-state index in [0.29, 0.717) is 17.9 Å². The second kappa shape index (κ2) is 6.68. The van der Waals surface area contributed by atoms with Gasteiger partial charge in [0.25, 0.3) is 0 Å². The molecule has 0 unspecified atom stereocenters. The van der Waals surface area contributed by atoms with E-state index in [1.54, 1.807) is 18.2 Å². The third kappa shape index (κ3) is 5.85. The van der Waals surface area contributed by atoms with Gasteiger partial charge in [0.05, 0.1) is 11.1 Å². The van der Waals surface area contributed by atoms with E-state index >= 15 is 0 Å². The Morgan fingerprint density at radius 3 is 2.58 bits per heavy atom. The normalized spacial score (nSPS) is 13.1. The van der Waals surface area contributed by atoms with Crippen LogP contribution in [0, 0.1) is 0 Å². The minimum atomic E-state index is -0.556. The lowest BCUT2D eigenvalue weighted by Crippen LogP contribution is -2.96. The highest BCUT2D eigenvalue weighted by molar-refractivity contribution is 5.96. The van der Waals surface area contributed by atoms with Gasteiger partial charge in [-0.05, 0) is 39.8 Å². The fourth-order valence-corrected chi connectivity index (χ4v) is 1.63. The Balaban J connectivity index is 2.51. The largest absolute Gasteiger partial charge is 0.490 e. The Morgan fingerprint density at radius 1 is 1.37 bits per heavy atom. The first-order chi connectivity index (χ1) is 8.79. The first kappa shape index (κ1) is 15.7. The first-order valence-electron chi connectivity index (χ1n) is 6.55. The van der Waals surface area contributed by atoms with Gasteiger partial charge in [0.1, 0.15) is 25.0 Å². The zero-order valence-electron chi connectivity index (χ0n) is 12.1. The number of para-hydroxylation sites is 1. The maximum Gasteiger partial charge on any atom is 0.163 e. The summed E-state index contributed by atoms with van der Waals surface area (Å²) >= 11 is 0. The molecule has 19 heavy (non-hydrogen) atoms. The van der Waals surface area contributed by atoms with Crippen LogP contribution < -0.4 is 10.1 Å². The molecule has 0 saturated heterocycles. The van der Waals surface area contributed by atoms with Crippen molar-refractivity contribution in [2.24, 2.45) is 0 Å². The smallest absolute Gasteiger partial charge is 0.163 e. The number of quaternary nitrogens is 1. The summed E-state index contributed by atoms with van der Waals surface area (Å²) in [4.78, 5) is 11.4. The average Bonchev–Trinajstić information content (AvgIpc) is 2.33. The summed E-state index contributed by atoms with van der Waals surface area (Å²) < 4.78 is 5.53. The van der Waals surface area contributed by atoms with Gasteiger partial charge in [-0.25, -0.2) is 0 Å². The van der Waals surface area contributed by atoms with Crippen LogP contribution in [-0.4, -0.2) is 35.7 Å². The van der Waals surface area contributed by atoms with Crippen LogP contribution in [0.5, 0.6) is 5.75 Å². The zero-order chi connectivity index (χ0) is 14.5. The predicted molar refractivity (Wildman–Crippen MR) is 74.5 cm³/mol. The fraction of sp³-hybridized carbons (Fsp3) is 0.533. The SMILES string of the molecule is CC(=O)c1ccccc1OC[C@@H](O)C[NH2+]C(C)(C)C. The summed E-state index contributed by atoms with van der Waals surface area (Å²) in [5.41, 5.74) is 0.632. The van der Waals surface area contributed by atoms with E-state index in [1.807, 2.05) is 6.07 Å². The molecule has 0 aliphatic heterocycles. The molecule has 0 amide bonds. The number of aliphatic hydroxyl groups is 1. The summed E-state index contributed by atoms with van der Waals surface area (Å²) in [7, 11) is 0. The number of ketones is 1. The van der Waals surface area contributed by atoms with Crippen molar-refractivity contribution in [3.05, 3.63) is 29.8 Å². The van der Waals surface area contributed by atoms with Crippen LogP contribution in [0.4, 0.5) is 0 Å². The molecule has 0 bridgehead atoms. The van der Waals surface area contributed by atoms with Gasteiger partial charge in [-0.3, -0.25) is 4.79 Å². The molecule has 0 radical (unpaired) electrons. The van der Waals surface area contributed by atoms with Crippen LogP contribution in [0.2, 0.25) is 0 Å². The standard InChI is InChI=1S/C15H23NO3/c1-11(17)13-7-5-6-8-14(13)19-10-12(18)9-16-15(2,3)4/h5-8,12,16,18H,9-10H2,1-4H3/p+1/t12-/m0/s1. The number of hydrogen-bond donors (Lipinski definition) is 2. The third-order valence-corrected chi connectivity index (χ3v) is 2.70. The number of benzene rings is 1. The lowest BCUT2D eigenvalue weighted by Gasteiger charge is -2.20. The number of Topliss-reactive ketones (excluding diaryl/α,β-unsaturated/α-hetero) is 1. The first-order valence-corrected chi connectivity index (χ1v) is 6.55. The van der Waals surface area contributed by atoms with Gasteiger partial charge >= 0.3 is 0 Å². The van der Waals surface area contributed by atoms with Gasteiger partial charge in [0.2, 0.25) is 0 Å². The van der Waals surface area contributed by atoms with Crippen LogP contribution >= 0.6 is 0 Å². The molecule has 4 nitrogen and oxygen atoms in total. The number of carbonyl (C=O) groups is 1. The van der Waals surface area contributed by atoms with Crippen molar-refractivity contribution in [2.45, 2.75) is 39.3 Å². The van der Waals surface area contributed by atoms with Crippen LogP contribution in [0.3, 0.4) is 0 Å². The summed E-state index contributed by atoms with van der Waals surface area (Å²) in [6.07, 6.45) is -0.556. The maximum absolute atomic E-state index is 11.4. The fourth-order valence-electron chi connectivity index (χ4n) is 1.63. The topological polar surface area (TPSA) is 63.1 Å². The average molecular weight is 266 g/mol. The molecule has 0 aliphatic rings. The summed E-state index contributed by atoms with van der Waals surface area (Å²) in [6, 6.07) is 7.09. The number of carbonyl (C=O) groups excluding carboxylic acids is 1. The lowest BCUT2D eigenvalue weighted by atomic mass is 10.1. The molecule has 0 aliphatic carbocycles. The molecule has 1 atom stereocenters. The quantitative estimate of drug-likeness (QED) is 0.755. The minimum absolute atomic E-state index is 0.0358. The number of ether oxygens (including phenoxy) is 1. The van der Waals surface area contributed by atoms with Gasteiger partial charge in [0.15, 0.2) is 5.78 Å². The van der Waals surface area contributed by atoms with Crippen molar-refractivity contribution in [1.82, 2.24) is 0 Å².